The maximum Gasteiger partial charge on any atom is 0.282 e. The second-order valence-electron chi connectivity index (χ2n) is 3.14. The van der Waals surface area contributed by atoms with Gasteiger partial charge in [0.2, 0.25) is 0 Å². The van der Waals surface area contributed by atoms with Crippen LogP contribution in [0.25, 0.3) is 0 Å². The van der Waals surface area contributed by atoms with Crippen LogP contribution in [0.15, 0.2) is 12.4 Å². The van der Waals surface area contributed by atoms with Crippen LogP contribution in [0.2, 0.25) is 0 Å². The zero-order valence-corrected chi connectivity index (χ0v) is 7.14. The summed E-state index contributed by atoms with van der Waals surface area (Å²) in [6, 6.07) is 0. The molecule has 8 nitrogen and oxygen atoms in total. The molecule has 1 aromatic heterocycles. The van der Waals surface area contributed by atoms with Crippen molar-refractivity contribution in [2.75, 3.05) is 0 Å². The smallest absolute Gasteiger partial charge is 0.282 e. The van der Waals surface area contributed by atoms with Crippen molar-refractivity contribution in [2.24, 2.45) is 22.9 Å². The van der Waals surface area contributed by atoms with Gasteiger partial charge in [-0.05, 0) is 0 Å². The van der Waals surface area contributed by atoms with E-state index in [4.69, 9.17) is 32.4 Å². The van der Waals surface area contributed by atoms with Gasteiger partial charge in [0.05, 0.1) is 0 Å². The number of aromatic nitrogens is 1. The maximum absolute atomic E-state index is 10.9. The Hall–Kier alpha value is -1.48. The average Bonchev–Trinajstić information content (AvgIpc) is 2.27. The Morgan fingerprint density at radius 2 is 1.36 bits per heavy atom. The summed E-state index contributed by atoms with van der Waals surface area (Å²) in [6.07, 6.45) is 2.22. The summed E-state index contributed by atoms with van der Waals surface area (Å²) in [6.45, 7) is 0. The van der Waals surface area contributed by atoms with Gasteiger partial charge < -0.3 is 19.4 Å². The lowest BCUT2D eigenvalue weighted by molar-refractivity contribution is -0.129. The number of nitrogens with zero attached hydrogens (tertiary/aromatic N) is 1. The average molecular weight is 200 g/mol. The van der Waals surface area contributed by atoms with E-state index in [1.807, 2.05) is 0 Å². The number of ether oxygens (including phenoxy) is 2. The molecule has 14 heavy (non-hydrogen) atoms. The van der Waals surface area contributed by atoms with Crippen LogP contribution in [-0.2, 0) is 0 Å². The Labute approximate surface area is 78.9 Å². The van der Waals surface area contributed by atoms with Gasteiger partial charge in [0.15, 0.2) is 11.5 Å². The van der Waals surface area contributed by atoms with Crippen molar-refractivity contribution in [1.82, 2.24) is 4.73 Å². The summed E-state index contributed by atoms with van der Waals surface area (Å²) >= 11 is 0. The second-order valence-corrected chi connectivity index (χ2v) is 3.14. The van der Waals surface area contributed by atoms with Crippen LogP contribution >= 0.6 is 0 Å². The van der Waals surface area contributed by atoms with Crippen molar-refractivity contribution in [3.8, 4) is 11.5 Å². The first kappa shape index (κ1) is 9.09. The van der Waals surface area contributed by atoms with Gasteiger partial charge in [0.1, 0.15) is 0 Å². The molecule has 2 heterocycles. The fraction of sp³-hybridized carbons (Fsp3) is 0.333. The van der Waals surface area contributed by atoms with Crippen LogP contribution in [0.5, 0.6) is 11.5 Å². The third-order valence-electron chi connectivity index (χ3n) is 1.90. The maximum atomic E-state index is 10.9. The minimum absolute atomic E-state index is 0.108. The SMILES string of the molecule is NC1(N)Oc2cn([O-])cc2OC1(N)N. The normalized spacial score (nSPS) is 22.0. The summed E-state index contributed by atoms with van der Waals surface area (Å²) in [5.41, 5.74) is 21.8. The molecule has 8 heteroatoms. The van der Waals surface area contributed by atoms with Crippen LogP contribution in [0.3, 0.4) is 0 Å². The first-order chi connectivity index (χ1) is 6.32. The molecule has 0 radical (unpaired) electrons. The van der Waals surface area contributed by atoms with Crippen molar-refractivity contribution in [2.45, 2.75) is 11.7 Å². The molecular formula is C6H10N5O3-. The van der Waals surface area contributed by atoms with Crippen molar-refractivity contribution < 1.29 is 9.47 Å². The Balaban J connectivity index is 2.45. The van der Waals surface area contributed by atoms with Crippen LogP contribution in [-0.4, -0.2) is 16.4 Å². The van der Waals surface area contributed by atoms with Gasteiger partial charge in [-0.2, -0.15) is 0 Å². The molecular weight excluding hydrogens is 190 g/mol. The first-order valence-corrected chi connectivity index (χ1v) is 3.75. The van der Waals surface area contributed by atoms with Gasteiger partial charge in [0, 0.05) is 12.4 Å². The molecule has 1 aliphatic heterocycles. The fourth-order valence-corrected chi connectivity index (χ4v) is 1.07. The molecule has 0 bridgehead atoms. The minimum Gasteiger partial charge on any atom is -0.806 e. The predicted molar refractivity (Wildman–Crippen MR) is 46.7 cm³/mol. The first-order valence-electron chi connectivity index (χ1n) is 3.75. The highest BCUT2D eigenvalue weighted by molar-refractivity contribution is 5.41. The largest absolute Gasteiger partial charge is 0.806 e. The lowest BCUT2D eigenvalue weighted by atomic mass is 10.2. The molecule has 1 aromatic rings. The van der Waals surface area contributed by atoms with Crippen LogP contribution in [0.1, 0.15) is 0 Å². The molecule has 0 aliphatic carbocycles. The van der Waals surface area contributed by atoms with Crippen molar-refractivity contribution in [3.63, 3.8) is 0 Å². The molecule has 0 fully saturated rings. The Morgan fingerprint density at radius 1 is 1.00 bits per heavy atom. The van der Waals surface area contributed by atoms with E-state index in [0.717, 1.165) is 12.4 Å². The third-order valence-corrected chi connectivity index (χ3v) is 1.90. The number of hydrogen-bond acceptors (Lipinski definition) is 7. The van der Waals surface area contributed by atoms with E-state index in [0.29, 0.717) is 4.73 Å². The molecule has 2 rings (SSSR count). The van der Waals surface area contributed by atoms with Gasteiger partial charge in [-0.3, -0.25) is 22.9 Å². The molecule has 0 aromatic carbocycles. The number of rotatable bonds is 0. The van der Waals surface area contributed by atoms with E-state index in [1.165, 1.54) is 0 Å². The van der Waals surface area contributed by atoms with Gasteiger partial charge in [0.25, 0.3) is 11.7 Å². The zero-order chi connectivity index (χ0) is 10.6. The molecule has 0 amide bonds. The molecule has 0 spiro atoms. The summed E-state index contributed by atoms with van der Waals surface area (Å²) in [7, 11) is 0. The van der Waals surface area contributed by atoms with Crippen molar-refractivity contribution in [1.29, 1.82) is 0 Å². The molecule has 0 saturated heterocycles. The molecule has 0 atom stereocenters. The number of nitrogens with two attached hydrogens (primary N) is 4. The fourth-order valence-electron chi connectivity index (χ4n) is 1.07. The van der Waals surface area contributed by atoms with Crippen LogP contribution < -0.4 is 32.4 Å². The highest BCUT2D eigenvalue weighted by atomic mass is 16.6. The molecule has 0 saturated carbocycles. The quantitative estimate of drug-likeness (QED) is 0.345. The number of hydrogen-bond donors (Lipinski definition) is 4. The van der Waals surface area contributed by atoms with E-state index >= 15 is 0 Å². The van der Waals surface area contributed by atoms with Gasteiger partial charge in [-0.1, -0.05) is 0 Å². The third kappa shape index (κ3) is 1.09. The van der Waals surface area contributed by atoms with Crippen molar-refractivity contribution in [3.05, 3.63) is 17.6 Å². The van der Waals surface area contributed by atoms with E-state index in [9.17, 15) is 5.21 Å². The van der Waals surface area contributed by atoms with E-state index in [2.05, 4.69) is 0 Å². The van der Waals surface area contributed by atoms with Gasteiger partial charge in [-0.15, -0.1) is 0 Å². The predicted octanol–water partition coefficient (Wildman–Crippen LogP) is -2.25. The second kappa shape index (κ2) is 2.30. The summed E-state index contributed by atoms with van der Waals surface area (Å²) < 4.78 is 10.5. The lowest BCUT2D eigenvalue weighted by Crippen LogP contribution is -2.82. The van der Waals surface area contributed by atoms with Crippen molar-refractivity contribution >= 4 is 0 Å². The van der Waals surface area contributed by atoms with Gasteiger partial charge >= 0.3 is 0 Å². The summed E-state index contributed by atoms with van der Waals surface area (Å²) in [5, 5.41) is 10.9. The highest BCUT2D eigenvalue weighted by Crippen LogP contribution is 2.36. The number of fused-ring (bicyclic) bond motifs is 1. The Kier molecular flexibility index (Phi) is 1.50. The monoisotopic (exact) mass is 200 g/mol. The van der Waals surface area contributed by atoms with Gasteiger partial charge in [-0.25, -0.2) is 0 Å². The van der Waals surface area contributed by atoms with E-state index in [-0.39, 0.29) is 11.5 Å². The Bertz CT molecular complexity index is 338. The standard InChI is InChI=1S/C6H10N5O3/c7-5(8)6(9,10)14-4-2-11(12)1-3(4)13-5/h1-2H,7-10H2/q-1. The molecule has 78 valence electrons. The zero-order valence-electron chi connectivity index (χ0n) is 7.14. The highest BCUT2D eigenvalue weighted by Gasteiger charge is 2.50. The topological polar surface area (TPSA) is 151 Å². The van der Waals surface area contributed by atoms with Crippen LogP contribution in [0, 0.1) is 5.21 Å². The Morgan fingerprint density at radius 3 is 1.71 bits per heavy atom. The summed E-state index contributed by atoms with van der Waals surface area (Å²) in [5.74, 6) is -3.56. The van der Waals surface area contributed by atoms with Crippen LogP contribution in [0.4, 0.5) is 0 Å². The van der Waals surface area contributed by atoms with E-state index < -0.39 is 11.7 Å². The molecule has 0 unspecified atom stereocenters. The van der Waals surface area contributed by atoms with E-state index in [1.54, 1.807) is 0 Å². The molecule has 1 aliphatic rings. The lowest BCUT2D eigenvalue weighted by Gasteiger charge is -2.41. The minimum atomic E-state index is -1.89. The summed E-state index contributed by atoms with van der Waals surface area (Å²) in [4.78, 5) is 0. The molecule has 8 N–H and O–H groups in total.